The lowest BCUT2D eigenvalue weighted by atomic mass is 9.80. The Morgan fingerprint density at radius 2 is 1.79 bits per heavy atom. The zero-order valence-electron chi connectivity index (χ0n) is 14.0. The molecule has 0 N–H and O–H groups in total. The highest BCUT2D eigenvalue weighted by Crippen LogP contribution is 2.45. The van der Waals surface area contributed by atoms with Crippen LogP contribution in [0.15, 0.2) is 24.3 Å². The maximum Gasteiger partial charge on any atom is 0.162 e. The largest absolute Gasteiger partial charge is 0.494 e. The molecule has 0 aromatic heterocycles. The van der Waals surface area contributed by atoms with Gasteiger partial charge in [0.05, 0.1) is 12.8 Å². The fourth-order valence-corrected chi connectivity index (χ4v) is 4.44. The summed E-state index contributed by atoms with van der Waals surface area (Å²) in [5.41, 5.74) is 0.652. The molecule has 1 aromatic rings. The SMILES string of the molecule is COc1cc(F)c(F)cc1N1CCN(CC2CCC3C=CC32)CC1. The van der Waals surface area contributed by atoms with Gasteiger partial charge in [0.2, 0.25) is 0 Å². The van der Waals surface area contributed by atoms with Gasteiger partial charge in [-0.25, -0.2) is 8.78 Å². The minimum Gasteiger partial charge on any atom is -0.494 e. The van der Waals surface area contributed by atoms with Crippen LogP contribution < -0.4 is 9.64 Å². The quantitative estimate of drug-likeness (QED) is 0.786. The molecule has 3 atom stereocenters. The van der Waals surface area contributed by atoms with E-state index in [1.807, 2.05) is 0 Å². The molecule has 4 rings (SSSR count). The summed E-state index contributed by atoms with van der Waals surface area (Å²) in [5.74, 6) is 1.16. The van der Waals surface area contributed by atoms with Gasteiger partial charge in [0.15, 0.2) is 11.6 Å². The molecule has 1 aliphatic heterocycles. The molecule has 2 aliphatic carbocycles. The van der Waals surface area contributed by atoms with Crippen molar-refractivity contribution >= 4 is 5.69 Å². The van der Waals surface area contributed by atoms with Gasteiger partial charge >= 0.3 is 0 Å². The van der Waals surface area contributed by atoms with Crippen molar-refractivity contribution in [3.05, 3.63) is 35.9 Å². The summed E-state index contributed by atoms with van der Waals surface area (Å²) < 4.78 is 32.2. The Morgan fingerprint density at radius 3 is 2.42 bits per heavy atom. The number of halogens is 2. The normalized spacial score (nSPS) is 29.5. The number of nitrogens with zero attached hydrogens (tertiary/aromatic N) is 2. The van der Waals surface area contributed by atoms with Gasteiger partial charge in [0, 0.05) is 44.9 Å². The van der Waals surface area contributed by atoms with E-state index in [4.69, 9.17) is 4.74 Å². The van der Waals surface area contributed by atoms with Gasteiger partial charge in [-0.1, -0.05) is 12.2 Å². The van der Waals surface area contributed by atoms with E-state index in [0.717, 1.165) is 56.5 Å². The number of methoxy groups -OCH3 is 1. The van der Waals surface area contributed by atoms with Crippen LogP contribution in [0.4, 0.5) is 14.5 Å². The second-order valence-electron chi connectivity index (χ2n) is 7.19. The molecule has 3 unspecified atom stereocenters. The number of piperazine rings is 1. The van der Waals surface area contributed by atoms with Crippen molar-refractivity contribution in [1.29, 1.82) is 0 Å². The number of allylic oxidation sites excluding steroid dienone is 2. The third kappa shape index (κ3) is 2.79. The third-order valence-corrected chi connectivity index (χ3v) is 5.92. The van der Waals surface area contributed by atoms with Crippen LogP contribution in [0.1, 0.15) is 12.8 Å². The third-order valence-electron chi connectivity index (χ3n) is 5.92. The monoisotopic (exact) mass is 334 g/mol. The van der Waals surface area contributed by atoms with Gasteiger partial charge in [0.1, 0.15) is 5.75 Å². The van der Waals surface area contributed by atoms with E-state index in [1.54, 1.807) is 0 Å². The van der Waals surface area contributed by atoms with Crippen LogP contribution in [0.5, 0.6) is 5.75 Å². The zero-order valence-corrected chi connectivity index (χ0v) is 14.0. The molecule has 0 radical (unpaired) electrons. The Kier molecular flexibility index (Phi) is 4.21. The van der Waals surface area contributed by atoms with Crippen LogP contribution in [-0.4, -0.2) is 44.7 Å². The Bertz CT molecular complexity index is 640. The number of anilines is 1. The fraction of sp³-hybridized carbons (Fsp3) is 0.579. The summed E-state index contributed by atoms with van der Waals surface area (Å²) in [4.78, 5) is 4.61. The van der Waals surface area contributed by atoms with Crippen molar-refractivity contribution in [2.24, 2.45) is 17.8 Å². The highest BCUT2D eigenvalue weighted by molar-refractivity contribution is 5.59. The number of hydrogen-bond acceptors (Lipinski definition) is 3. The summed E-state index contributed by atoms with van der Waals surface area (Å²) in [6.45, 7) is 4.71. The van der Waals surface area contributed by atoms with Gasteiger partial charge in [-0.2, -0.15) is 0 Å². The zero-order chi connectivity index (χ0) is 16.7. The Balaban J connectivity index is 1.38. The summed E-state index contributed by atoms with van der Waals surface area (Å²) in [6.07, 6.45) is 7.42. The number of benzene rings is 1. The predicted molar refractivity (Wildman–Crippen MR) is 90.4 cm³/mol. The fourth-order valence-electron chi connectivity index (χ4n) is 4.44. The maximum atomic E-state index is 13.6. The summed E-state index contributed by atoms with van der Waals surface area (Å²) >= 11 is 0. The smallest absolute Gasteiger partial charge is 0.162 e. The number of ether oxygens (including phenoxy) is 1. The van der Waals surface area contributed by atoms with Crippen LogP contribution in [0, 0.1) is 29.4 Å². The van der Waals surface area contributed by atoms with Crippen LogP contribution in [0.25, 0.3) is 0 Å². The van der Waals surface area contributed by atoms with Gasteiger partial charge in [-0.3, -0.25) is 4.90 Å². The van der Waals surface area contributed by atoms with Gasteiger partial charge in [-0.05, 0) is 30.6 Å². The molecule has 2 fully saturated rings. The molecule has 0 bridgehead atoms. The van der Waals surface area contributed by atoms with Crippen molar-refractivity contribution in [3.63, 3.8) is 0 Å². The number of fused-ring (bicyclic) bond motifs is 1. The van der Waals surface area contributed by atoms with Crippen molar-refractivity contribution < 1.29 is 13.5 Å². The molecule has 1 aromatic carbocycles. The van der Waals surface area contributed by atoms with Gasteiger partial charge in [-0.15, -0.1) is 0 Å². The molecular formula is C19H24F2N2O. The second-order valence-corrected chi connectivity index (χ2v) is 7.19. The van der Waals surface area contributed by atoms with E-state index in [9.17, 15) is 8.78 Å². The average Bonchev–Trinajstić information content (AvgIpc) is 2.83. The van der Waals surface area contributed by atoms with E-state index in [-0.39, 0.29) is 0 Å². The Labute approximate surface area is 141 Å². The predicted octanol–water partition coefficient (Wildman–Crippen LogP) is 3.31. The van der Waals surface area contributed by atoms with Crippen LogP contribution >= 0.6 is 0 Å². The molecule has 130 valence electrons. The molecule has 3 nitrogen and oxygen atoms in total. The first-order valence-corrected chi connectivity index (χ1v) is 8.84. The van der Waals surface area contributed by atoms with Crippen molar-refractivity contribution in [2.45, 2.75) is 12.8 Å². The van der Waals surface area contributed by atoms with Gasteiger partial charge < -0.3 is 9.64 Å². The minimum atomic E-state index is -0.862. The molecule has 1 heterocycles. The van der Waals surface area contributed by atoms with E-state index in [2.05, 4.69) is 22.0 Å². The topological polar surface area (TPSA) is 15.7 Å². The second kappa shape index (κ2) is 6.36. The van der Waals surface area contributed by atoms with Gasteiger partial charge in [0.25, 0.3) is 0 Å². The maximum absolute atomic E-state index is 13.6. The van der Waals surface area contributed by atoms with Crippen LogP contribution in [0.3, 0.4) is 0 Å². The molecule has 0 amide bonds. The first kappa shape index (κ1) is 15.9. The summed E-state index contributed by atoms with van der Waals surface area (Å²) in [6, 6.07) is 2.39. The molecule has 3 aliphatic rings. The highest BCUT2D eigenvalue weighted by Gasteiger charge is 2.38. The number of rotatable bonds is 4. The Hall–Kier alpha value is -1.62. The minimum absolute atomic E-state index is 0.403. The lowest BCUT2D eigenvalue weighted by Gasteiger charge is -2.39. The molecule has 1 saturated heterocycles. The number of hydrogen-bond donors (Lipinski definition) is 0. The lowest BCUT2D eigenvalue weighted by Crippen LogP contribution is -2.48. The van der Waals surface area contributed by atoms with Crippen molar-refractivity contribution in [2.75, 3.05) is 44.7 Å². The summed E-state index contributed by atoms with van der Waals surface area (Å²) in [5, 5.41) is 0. The van der Waals surface area contributed by atoms with E-state index in [1.165, 1.54) is 26.0 Å². The van der Waals surface area contributed by atoms with Crippen molar-refractivity contribution in [3.8, 4) is 5.75 Å². The molecule has 24 heavy (non-hydrogen) atoms. The first-order chi connectivity index (χ1) is 11.7. The van der Waals surface area contributed by atoms with Crippen LogP contribution in [0.2, 0.25) is 0 Å². The van der Waals surface area contributed by atoms with Crippen molar-refractivity contribution in [1.82, 2.24) is 4.90 Å². The molecule has 1 saturated carbocycles. The molecule has 0 spiro atoms. The Morgan fingerprint density at radius 1 is 1.04 bits per heavy atom. The van der Waals surface area contributed by atoms with E-state index < -0.39 is 11.6 Å². The van der Waals surface area contributed by atoms with E-state index >= 15 is 0 Å². The lowest BCUT2D eigenvalue weighted by molar-refractivity contribution is 0.198. The standard InChI is InChI=1S/C19H24F2N2O/c1-24-19-11-17(21)16(20)10-18(19)23-8-6-22(7-9-23)12-14-3-2-13-4-5-15(13)14/h4-5,10-11,13-15H,2-3,6-9,12H2,1H3. The first-order valence-electron chi connectivity index (χ1n) is 8.84. The van der Waals surface area contributed by atoms with Crippen LogP contribution in [-0.2, 0) is 0 Å². The molecular weight excluding hydrogens is 310 g/mol. The average molecular weight is 334 g/mol. The summed E-state index contributed by atoms with van der Waals surface area (Å²) in [7, 11) is 1.50. The molecule has 5 heteroatoms. The highest BCUT2D eigenvalue weighted by atomic mass is 19.2. The van der Waals surface area contributed by atoms with E-state index in [0.29, 0.717) is 11.4 Å².